The zero-order chi connectivity index (χ0) is 15.1. The summed E-state index contributed by atoms with van der Waals surface area (Å²) >= 11 is 5.88. The molecule has 0 aliphatic rings. The fourth-order valence-corrected chi connectivity index (χ4v) is 2.32. The van der Waals surface area contributed by atoms with Gasteiger partial charge in [-0.3, -0.25) is 0 Å². The summed E-state index contributed by atoms with van der Waals surface area (Å²) in [7, 11) is 3.35. The third-order valence-corrected chi connectivity index (χ3v) is 3.66. The standard InChI is InChI=1S/C17H20ClNO2/c1-20-16-8-5-14(17(11-16)21-2)12-19-10-9-13-3-6-15(18)7-4-13/h3-8,11,19H,9-10,12H2,1-2H3/p+1. The van der Waals surface area contributed by atoms with Gasteiger partial charge in [-0.25, -0.2) is 0 Å². The maximum absolute atomic E-state index is 5.88. The minimum absolute atomic E-state index is 0.783. The average Bonchev–Trinajstić information content (AvgIpc) is 2.53. The highest BCUT2D eigenvalue weighted by atomic mass is 35.5. The van der Waals surface area contributed by atoms with Crippen LogP contribution in [0.25, 0.3) is 0 Å². The highest BCUT2D eigenvalue weighted by Gasteiger charge is 2.06. The van der Waals surface area contributed by atoms with E-state index >= 15 is 0 Å². The van der Waals surface area contributed by atoms with Crippen molar-refractivity contribution in [3.63, 3.8) is 0 Å². The second-order valence-electron chi connectivity index (χ2n) is 4.84. The molecule has 2 N–H and O–H groups in total. The van der Waals surface area contributed by atoms with Gasteiger partial charge in [-0.15, -0.1) is 0 Å². The van der Waals surface area contributed by atoms with Gasteiger partial charge in [-0.05, 0) is 29.8 Å². The van der Waals surface area contributed by atoms with Gasteiger partial charge in [0.05, 0.1) is 20.8 Å². The van der Waals surface area contributed by atoms with Crippen LogP contribution in [-0.2, 0) is 13.0 Å². The van der Waals surface area contributed by atoms with Crippen molar-refractivity contribution in [3.05, 3.63) is 58.6 Å². The zero-order valence-corrected chi connectivity index (χ0v) is 13.2. The van der Waals surface area contributed by atoms with Crippen LogP contribution in [0.5, 0.6) is 11.5 Å². The molecule has 0 amide bonds. The summed E-state index contributed by atoms with van der Waals surface area (Å²) in [5, 5.41) is 3.06. The smallest absolute Gasteiger partial charge is 0.131 e. The molecule has 0 aliphatic carbocycles. The molecule has 0 saturated heterocycles. The van der Waals surface area contributed by atoms with Crippen molar-refractivity contribution >= 4 is 11.6 Å². The van der Waals surface area contributed by atoms with Crippen molar-refractivity contribution in [3.8, 4) is 11.5 Å². The topological polar surface area (TPSA) is 35.1 Å². The molecule has 2 aromatic carbocycles. The summed E-state index contributed by atoms with van der Waals surface area (Å²) in [6.07, 6.45) is 1.02. The lowest BCUT2D eigenvalue weighted by atomic mass is 10.1. The number of methoxy groups -OCH3 is 2. The average molecular weight is 307 g/mol. The molecule has 2 rings (SSSR count). The second kappa shape index (κ2) is 7.91. The molecule has 2 aromatic rings. The third kappa shape index (κ3) is 4.66. The van der Waals surface area contributed by atoms with Crippen LogP contribution >= 0.6 is 11.6 Å². The van der Waals surface area contributed by atoms with Crippen LogP contribution in [-0.4, -0.2) is 20.8 Å². The third-order valence-electron chi connectivity index (χ3n) is 3.41. The molecule has 3 nitrogen and oxygen atoms in total. The molecule has 112 valence electrons. The first-order valence-electron chi connectivity index (χ1n) is 7.00. The Morgan fingerprint density at radius 1 is 1.00 bits per heavy atom. The Kier molecular flexibility index (Phi) is 5.90. The minimum Gasteiger partial charge on any atom is -0.497 e. The molecule has 21 heavy (non-hydrogen) atoms. The van der Waals surface area contributed by atoms with Crippen molar-refractivity contribution < 1.29 is 14.8 Å². The summed E-state index contributed by atoms with van der Waals surface area (Å²) in [4.78, 5) is 0. The van der Waals surface area contributed by atoms with Crippen LogP contribution in [0.2, 0.25) is 5.02 Å². The summed E-state index contributed by atoms with van der Waals surface area (Å²) in [5.41, 5.74) is 2.48. The summed E-state index contributed by atoms with van der Waals surface area (Å²) in [6.45, 7) is 1.91. The predicted octanol–water partition coefficient (Wildman–Crippen LogP) is 2.66. The fourth-order valence-electron chi connectivity index (χ4n) is 2.20. The largest absolute Gasteiger partial charge is 0.497 e. The molecular formula is C17H21ClNO2+. The minimum atomic E-state index is 0.783. The van der Waals surface area contributed by atoms with Crippen LogP contribution in [0, 0.1) is 0 Å². The second-order valence-corrected chi connectivity index (χ2v) is 5.27. The first-order chi connectivity index (χ1) is 10.2. The van der Waals surface area contributed by atoms with Gasteiger partial charge in [0.1, 0.15) is 18.0 Å². The van der Waals surface area contributed by atoms with Crippen molar-refractivity contribution in [2.75, 3.05) is 20.8 Å². The summed E-state index contributed by atoms with van der Waals surface area (Å²) in [5.74, 6) is 1.69. The van der Waals surface area contributed by atoms with E-state index in [4.69, 9.17) is 21.1 Å². The van der Waals surface area contributed by atoms with E-state index in [9.17, 15) is 0 Å². The van der Waals surface area contributed by atoms with E-state index in [1.54, 1.807) is 14.2 Å². The van der Waals surface area contributed by atoms with E-state index in [1.165, 1.54) is 11.1 Å². The van der Waals surface area contributed by atoms with Crippen LogP contribution in [0.1, 0.15) is 11.1 Å². The van der Waals surface area contributed by atoms with Gasteiger partial charge >= 0.3 is 0 Å². The number of halogens is 1. The Morgan fingerprint density at radius 2 is 1.76 bits per heavy atom. The number of rotatable bonds is 7. The Bertz CT molecular complexity index is 570. The van der Waals surface area contributed by atoms with Gasteiger partial charge in [0.2, 0.25) is 0 Å². The van der Waals surface area contributed by atoms with Crippen molar-refractivity contribution in [2.24, 2.45) is 0 Å². The Hall–Kier alpha value is -1.71. The first-order valence-corrected chi connectivity index (χ1v) is 7.37. The first kappa shape index (κ1) is 15.7. The number of hydrogen-bond donors (Lipinski definition) is 1. The lowest BCUT2D eigenvalue weighted by molar-refractivity contribution is -0.670. The normalized spacial score (nSPS) is 10.4. The molecule has 0 unspecified atom stereocenters. The van der Waals surface area contributed by atoms with Crippen molar-refractivity contribution in [2.45, 2.75) is 13.0 Å². The van der Waals surface area contributed by atoms with E-state index in [-0.39, 0.29) is 0 Å². The number of quaternary nitrogens is 1. The Balaban J connectivity index is 1.84. The molecule has 0 radical (unpaired) electrons. The summed E-state index contributed by atoms with van der Waals surface area (Å²) in [6, 6.07) is 13.9. The SMILES string of the molecule is COc1ccc(C[NH2+]CCc2ccc(Cl)cc2)c(OC)c1. The maximum atomic E-state index is 5.88. The quantitative estimate of drug-likeness (QED) is 0.798. The van der Waals surface area contributed by atoms with E-state index in [1.807, 2.05) is 24.3 Å². The summed E-state index contributed by atoms with van der Waals surface area (Å²) < 4.78 is 10.6. The van der Waals surface area contributed by atoms with E-state index in [2.05, 4.69) is 23.5 Å². The number of hydrogen-bond acceptors (Lipinski definition) is 2. The highest BCUT2D eigenvalue weighted by Crippen LogP contribution is 2.23. The van der Waals surface area contributed by atoms with Crippen LogP contribution in [0.15, 0.2) is 42.5 Å². The number of benzene rings is 2. The molecule has 0 aromatic heterocycles. The molecular weight excluding hydrogens is 286 g/mol. The van der Waals surface area contributed by atoms with Gasteiger partial charge < -0.3 is 14.8 Å². The van der Waals surface area contributed by atoms with Gasteiger partial charge in [-0.2, -0.15) is 0 Å². The monoisotopic (exact) mass is 306 g/mol. The lowest BCUT2D eigenvalue weighted by Crippen LogP contribution is -2.83. The maximum Gasteiger partial charge on any atom is 0.131 e. The van der Waals surface area contributed by atoms with Gasteiger partial charge in [0.15, 0.2) is 0 Å². The van der Waals surface area contributed by atoms with Crippen LogP contribution < -0.4 is 14.8 Å². The fraction of sp³-hybridized carbons (Fsp3) is 0.294. The van der Waals surface area contributed by atoms with E-state index < -0.39 is 0 Å². The number of ether oxygens (including phenoxy) is 2. The van der Waals surface area contributed by atoms with Crippen molar-refractivity contribution in [1.82, 2.24) is 0 Å². The Labute approximate surface area is 130 Å². The van der Waals surface area contributed by atoms with E-state index in [0.29, 0.717) is 0 Å². The molecule has 0 heterocycles. The number of nitrogens with two attached hydrogens (primary N) is 1. The van der Waals surface area contributed by atoms with Crippen LogP contribution in [0.4, 0.5) is 0 Å². The predicted molar refractivity (Wildman–Crippen MR) is 85.2 cm³/mol. The molecule has 0 atom stereocenters. The van der Waals surface area contributed by atoms with Gasteiger partial charge in [0.25, 0.3) is 0 Å². The lowest BCUT2D eigenvalue weighted by Gasteiger charge is -2.09. The molecule has 0 saturated carbocycles. The van der Waals surface area contributed by atoms with E-state index in [0.717, 1.165) is 36.0 Å². The molecule has 0 spiro atoms. The van der Waals surface area contributed by atoms with Crippen molar-refractivity contribution in [1.29, 1.82) is 0 Å². The molecule has 4 heteroatoms. The molecule has 0 fully saturated rings. The van der Waals surface area contributed by atoms with Gasteiger partial charge in [0, 0.05) is 23.1 Å². The van der Waals surface area contributed by atoms with Crippen LogP contribution in [0.3, 0.4) is 0 Å². The highest BCUT2D eigenvalue weighted by molar-refractivity contribution is 6.30. The Morgan fingerprint density at radius 3 is 2.43 bits per heavy atom. The van der Waals surface area contributed by atoms with Gasteiger partial charge in [-0.1, -0.05) is 23.7 Å². The molecule has 0 aliphatic heterocycles. The zero-order valence-electron chi connectivity index (χ0n) is 12.4. The molecule has 0 bridgehead atoms.